The smallest absolute Gasteiger partial charge is 0.119 e. The molecule has 1 aliphatic rings. The standard InChI is InChI=1S/C23H30O/c1-3-5-6-15-24-23-14-13-21-16-20(11-12-22(21)17-23)19-9-7-18(4-2)8-10-19/h9,11-14,16-18H,3-8,10,15H2,1-2H3. The Balaban J connectivity index is 1.71. The fourth-order valence-corrected chi connectivity index (χ4v) is 3.58. The van der Waals surface area contributed by atoms with Crippen LogP contribution in [0.1, 0.15) is 64.4 Å². The molecular formula is C23H30O. The molecule has 1 aliphatic carbocycles. The minimum absolute atomic E-state index is 0.822. The van der Waals surface area contributed by atoms with Gasteiger partial charge in [-0.25, -0.2) is 0 Å². The number of ether oxygens (including phenoxy) is 1. The van der Waals surface area contributed by atoms with Gasteiger partial charge in [-0.3, -0.25) is 0 Å². The molecule has 1 heteroatoms. The Bertz CT molecular complexity index is 698. The number of unbranched alkanes of at least 4 members (excludes halogenated alkanes) is 2. The number of hydrogen-bond donors (Lipinski definition) is 0. The van der Waals surface area contributed by atoms with E-state index in [0.29, 0.717) is 0 Å². The third kappa shape index (κ3) is 4.20. The molecule has 0 aromatic heterocycles. The first-order chi connectivity index (χ1) is 11.8. The van der Waals surface area contributed by atoms with E-state index in [4.69, 9.17) is 4.74 Å². The van der Waals surface area contributed by atoms with Crippen molar-refractivity contribution in [3.63, 3.8) is 0 Å². The number of rotatable bonds is 7. The van der Waals surface area contributed by atoms with Crippen molar-refractivity contribution >= 4 is 16.3 Å². The highest BCUT2D eigenvalue weighted by molar-refractivity contribution is 5.87. The van der Waals surface area contributed by atoms with Gasteiger partial charge in [-0.2, -0.15) is 0 Å². The Morgan fingerprint density at radius 3 is 2.58 bits per heavy atom. The Morgan fingerprint density at radius 1 is 1.00 bits per heavy atom. The maximum atomic E-state index is 5.88. The van der Waals surface area contributed by atoms with Crippen molar-refractivity contribution < 1.29 is 4.74 Å². The minimum Gasteiger partial charge on any atom is -0.494 e. The summed E-state index contributed by atoms with van der Waals surface area (Å²) < 4.78 is 5.88. The van der Waals surface area contributed by atoms with Gasteiger partial charge < -0.3 is 4.74 Å². The lowest BCUT2D eigenvalue weighted by Crippen LogP contribution is -2.03. The van der Waals surface area contributed by atoms with Gasteiger partial charge in [0.1, 0.15) is 5.75 Å². The Labute approximate surface area is 146 Å². The molecule has 3 rings (SSSR count). The second-order valence-corrected chi connectivity index (χ2v) is 7.06. The molecule has 0 spiro atoms. The van der Waals surface area contributed by atoms with Crippen LogP contribution in [0.4, 0.5) is 0 Å². The SMILES string of the molecule is CCCCCOc1ccc2cc(C3=CCC(CC)CC3)ccc2c1. The van der Waals surface area contributed by atoms with Crippen LogP contribution in [-0.4, -0.2) is 6.61 Å². The second-order valence-electron chi connectivity index (χ2n) is 7.06. The van der Waals surface area contributed by atoms with Crippen molar-refractivity contribution in [1.82, 2.24) is 0 Å². The molecule has 0 amide bonds. The zero-order valence-electron chi connectivity index (χ0n) is 15.2. The lowest BCUT2D eigenvalue weighted by atomic mass is 9.85. The number of hydrogen-bond acceptors (Lipinski definition) is 1. The average Bonchev–Trinajstić information content (AvgIpc) is 2.65. The third-order valence-electron chi connectivity index (χ3n) is 5.30. The number of fused-ring (bicyclic) bond motifs is 1. The van der Waals surface area contributed by atoms with Gasteiger partial charge in [0.2, 0.25) is 0 Å². The molecular weight excluding hydrogens is 292 g/mol. The highest BCUT2D eigenvalue weighted by Crippen LogP contribution is 2.33. The first-order valence-electron chi connectivity index (χ1n) is 9.66. The predicted molar refractivity (Wildman–Crippen MR) is 105 cm³/mol. The van der Waals surface area contributed by atoms with Crippen molar-refractivity contribution in [2.75, 3.05) is 6.61 Å². The van der Waals surface area contributed by atoms with Gasteiger partial charge >= 0.3 is 0 Å². The molecule has 1 nitrogen and oxygen atoms in total. The van der Waals surface area contributed by atoms with Crippen LogP contribution in [0, 0.1) is 5.92 Å². The van der Waals surface area contributed by atoms with Gasteiger partial charge in [-0.05, 0) is 71.7 Å². The third-order valence-corrected chi connectivity index (χ3v) is 5.30. The molecule has 0 saturated carbocycles. The van der Waals surface area contributed by atoms with Gasteiger partial charge in [0.25, 0.3) is 0 Å². The lowest BCUT2D eigenvalue weighted by Gasteiger charge is -2.21. The van der Waals surface area contributed by atoms with E-state index in [1.807, 2.05) is 0 Å². The maximum Gasteiger partial charge on any atom is 0.119 e. The van der Waals surface area contributed by atoms with E-state index >= 15 is 0 Å². The molecule has 2 aromatic carbocycles. The molecule has 0 radical (unpaired) electrons. The summed E-state index contributed by atoms with van der Waals surface area (Å²) in [6.07, 6.45) is 11.2. The van der Waals surface area contributed by atoms with Gasteiger partial charge in [0.15, 0.2) is 0 Å². The van der Waals surface area contributed by atoms with E-state index in [-0.39, 0.29) is 0 Å². The molecule has 0 aliphatic heterocycles. The highest BCUT2D eigenvalue weighted by Gasteiger charge is 2.14. The molecule has 0 heterocycles. The molecule has 1 unspecified atom stereocenters. The fraction of sp³-hybridized carbons (Fsp3) is 0.478. The van der Waals surface area contributed by atoms with Crippen LogP contribution in [0.2, 0.25) is 0 Å². The molecule has 128 valence electrons. The summed E-state index contributed by atoms with van der Waals surface area (Å²) in [7, 11) is 0. The monoisotopic (exact) mass is 322 g/mol. The summed E-state index contributed by atoms with van der Waals surface area (Å²) in [5, 5.41) is 2.58. The van der Waals surface area contributed by atoms with Gasteiger partial charge in [0.05, 0.1) is 6.61 Å². The summed E-state index contributed by atoms with van der Waals surface area (Å²) >= 11 is 0. The summed E-state index contributed by atoms with van der Waals surface area (Å²) in [6.45, 7) is 5.35. The summed E-state index contributed by atoms with van der Waals surface area (Å²) in [4.78, 5) is 0. The molecule has 1 atom stereocenters. The van der Waals surface area contributed by atoms with Crippen LogP contribution in [-0.2, 0) is 0 Å². The quantitative estimate of drug-likeness (QED) is 0.498. The van der Waals surface area contributed by atoms with Crippen molar-refractivity contribution in [1.29, 1.82) is 0 Å². The van der Waals surface area contributed by atoms with Crippen LogP contribution in [0.5, 0.6) is 5.75 Å². The van der Waals surface area contributed by atoms with E-state index < -0.39 is 0 Å². The highest BCUT2D eigenvalue weighted by atomic mass is 16.5. The number of allylic oxidation sites excluding steroid dienone is 2. The predicted octanol–water partition coefficient (Wildman–Crippen LogP) is 7.00. The maximum absolute atomic E-state index is 5.88. The van der Waals surface area contributed by atoms with Crippen LogP contribution >= 0.6 is 0 Å². The van der Waals surface area contributed by atoms with Crippen molar-refractivity contribution in [3.8, 4) is 5.75 Å². The topological polar surface area (TPSA) is 9.23 Å². The largest absolute Gasteiger partial charge is 0.494 e. The van der Waals surface area contributed by atoms with E-state index in [2.05, 4.69) is 56.3 Å². The summed E-state index contributed by atoms with van der Waals surface area (Å²) in [6, 6.07) is 13.4. The normalized spacial score (nSPS) is 17.8. The first-order valence-corrected chi connectivity index (χ1v) is 9.66. The second kappa shape index (κ2) is 8.37. The molecule has 0 N–H and O–H groups in total. The van der Waals surface area contributed by atoms with Crippen molar-refractivity contribution in [2.45, 2.75) is 58.8 Å². The van der Waals surface area contributed by atoms with Crippen molar-refractivity contribution in [3.05, 3.63) is 48.0 Å². The van der Waals surface area contributed by atoms with E-state index in [1.54, 1.807) is 0 Å². The zero-order valence-corrected chi connectivity index (χ0v) is 15.2. The van der Waals surface area contributed by atoms with Crippen molar-refractivity contribution in [2.24, 2.45) is 5.92 Å². The summed E-state index contributed by atoms with van der Waals surface area (Å²) in [5.41, 5.74) is 2.93. The van der Waals surface area contributed by atoms with Gasteiger partial charge in [-0.15, -0.1) is 0 Å². The van der Waals surface area contributed by atoms with Crippen LogP contribution < -0.4 is 4.74 Å². The summed E-state index contributed by atoms with van der Waals surface area (Å²) in [5.74, 6) is 1.88. The molecule has 0 bridgehead atoms. The Hall–Kier alpha value is -1.76. The molecule has 2 aromatic rings. The Kier molecular flexibility index (Phi) is 5.96. The zero-order chi connectivity index (χ0) is 16.8. The molecule has 0 fully saturated rings. The fourth-order valence-electron chi connectivity index (χ4n) is 3.58. The molecule has 0 saturated heterocycles. The van der Waals surface area contributed by atoms with Gasteiger partial charge in [-0.1, -0.05) is 57.4 Å². The minimum atomic E-state index is 0.822. The Morgan fingerprint density at radius 2 is 1.83 bits per heavy atom. The van der Waals surface area contributed by atoms with Crippen LogP contribution in [0.15, 0.2) is 42.5 Å². The first kappa shape index (κ1) is 17.1. The number of benzene rings is 2. The van der Waals surface area contributed by atoms with E-state index in [9.17, 15) is 0 Å². The lowest BCUT2D eigenvalue weighted by molar-refractivity contribution is 0.306. The average molecular weight is 322 g/mol. The van der Waals surface area contributed by atoms with Crippen LogP contribution in [0.25, 0.3) is 16.3 Å². The molecule has 24 heavy (non-hydrogen) atoms. The van der Waals surface area contributed by atoms with E-state index in [1.165, 1.54) is 60.4 Å². The van der Waals surface area contributed by atoms with Crippen LogP contribution in [0.3, 0.4) is 0 Å². The van der Waals surface area contributed by atoms with Gasteiger partial charge in [0, 0.05) is 0 Å². The van der Waals surface area contributed by atoms with E-state index in [0.717, 1.165) is 24.7 Å².